The molecule has 0 radical (unpaired) electrons. The van der Waals surface area contributed by atoms with Crippen molar-refractivity contribution in [2.75, 3.05) is 22.4 Å². The van der Waals surface area contributed by atoms with Crippen LogP contribution in [0.15, 0.2) is 42.5 Å². The van der Waals surface area contributed by atoms with Crippen molar-refractivity contribution in [2.45, 2.75) is 13.8 Å². The number of anilines is 2. The molecule has 0 saturated carbocycles. The second kappa shape index (κ2) is 7.57. The molecule has 0 heterocycles. The van der Waals surface area contributed by atoms with Crippen LogP contribution in [0.2, 0.25) is 0 Å². The Morgan fingerprint density at radius 3 is 2.15 bits per heavy atom. The fourth-order valence-corrected chi connectivity index (χ4v) is 3.16. The Kier molecular flexibility index (Phi) is 5.66. The molecule has 0 atom stereocenters. The Morgan fingerprint density at radius 1 is 1.04 bits per heavy atom. The number of aryl methyl sites for hydroxylation is 2. The highest BCUT2D eigenvalue weighted by atomic mass is 32.2. The summed E-state index contributed by atoms with van der Waals surface area (Å²) >= 11 is 0. The normalized spacial score (nSPS) is 11.0. The van der Waals surface area contributed by atoms with E-state index in [1.807, 2.05) is 13.8 Å². The maximum Gasteiger partial charge on any atom is 0.335 e. The minimum Gasteiger partial charge on any atom is -0.478 e. The summed E-state index contributed by atoms with van der Waals surface area (Å²) in [6.45, 7) is 3.39. The zero-order valence-corrected chi connectivity index (χ0v) is 15.5. The topological polar surface area (TPSA) is 104 Å². The van der Waals surface area contributed by atoms with Crippen molar-refractivity contribution >= 4 is 33.3 Å². The molecule has 0 unspecified atom stereocenters. The third-order valence-corrected chi connectivity index (χ3v) is 5.02. The van der Waals surface area contributed by atoms with Gasteiger partial charge in [0.05, 0.1) is 17.5 Å². The molecule has 2 rings (SSSR count). The Morgan fingerprint density at radius 2 is 1.65 bits per heavy atom. The molecule has 2 aromatic carbocycles. The average molecular weight is 376 g/mol. The van der Waals surface area contributed by atoms with Gasteiger partial charge in [0.15, 0.2) is 0 Å². The molecule has 0 spiro atoms. The van der Waals surface area contributed by atoms with Crippen molar-refractivity contribution in [3.05, 3.63) is 59.2 Å². The zero-order chi connectivity index (χ0) is 19.5. The van der Waals surface area contributed by atoms with Crippen molar-refractivity contribution in [3.8, 4) is 0 Å². The zero-order valence-electron chi connectivity index (χ0n) is 14.7. The van der Waals surface area contributed by atoms with Gasteiger partial charge in [-0.05, 0) is 61.4 Å². The van der Waals surface area contributed by atoms with Crippen LogP contribution in [0.1, 0.15) is 21.5 Å². The number of benzene rings is 2. The molecule has 0 aliphatic carbocycles. The predicted octanol–water partition coefficient (Wildman–Crippen LogP) is 2.41. The molecule has 138 valence electrons. The van der Waals surface area contributed by atoms with Crippen molar-refractivity contribution in [1.29, 1.82) is 0 Å². The highest BCUT2D eigenvalue weighted by Crippen LogP contribution is 2.21. The molecule has 0 fully saturated rings. The van der Waals surface area contributed by atoms with E-state index in [1.54, 1.807) is 18.2 Å². The lowest BCUT2D eigenvalue weighted by Crippen LogP contribution is -2.37. The first kappa shape index (κ1) is 19.5. The number of rotatable bonds is 6. The summed E-state index contributed by atoms with van der Waals surface area (Å²) in [5, 5.41) is 11.4. The molecule has 0 bridgehead atoms. The summed E-state index contributed by atoms with van der Waals surface area (Å²) in [5.74, 6) is -1.60. The summed E-state index contributed by atoms with van der Waals surface area (Å²) in [4.78, 5) is 23.1. The third-order valence-electron chi connectivity index (χ3n) is 3.88. The molecule has 2 aromatic rings. The molecule has 7 nitrogen and oxygen atoms in total. The molecular weight excluding hydrogens is 356 g/mol. The lowest BCUT2D eigenvalue weighted by Gasteiger charge is -2.22. The molecular formula is C18H20N2O5S. The maximum absolute atomic E-state index is 12.3. The van der Waals surface area contributed by atoms with Crippen LogP contribution < -0.4 is 9.62 Å². The van der Waals surface area contributed by atoms with E-state index in [0.717, 1.165) is 21.7 Å². The Labute approximate surface area is 152 Å². The predicted molar refractivity (Wildman–Crippen MR) is 100 cm³/mol. The highest BCUT2D eigenvalue weighted by molar-refractivity contribution is 7.92. The van der Waals surface area contributed by atoms with Crippen LogP contribution in [-0.2, 0) is 14.8 Å². The SMILES string of the molecule is Cc1ccc(N(CC(=O)Nc2ccc(C(=O)O)cc2)S(C)(=O)=O)cc1C. The number of aromatic carboxylic acids is 1. The van der Waals surface area contributed by atoms with Crippen LogP contribution in [0.4, 0.5) is 11.4 Å². The summed E-state index contributed by atoms with van der Waals surface area (Å²) < 4.78 is 25.3. The Balaban J connectivity index is 2.19. The van der Waals surface area contributed by atoms with Crippen molar-refractivity contribution in [3.63, 3.8) is 0 Å². The van der Waals surface area contributed by atoms with Crippen molar-refractivity contribution in [2.24, 2.45) is 0 Å². The lowest BCUT2D eigenvalue weighted by atomic mass is 10.1. The quantitative estimate of drug-likeness (QED) is 0.806. The molecule has 0 aliphatic rings. The number of nitrogens with one attached hydrogen (secondary N) is 1. The number of carboxylic acids is 1. The first-order chi connectivity index (χ1) is 12.1. The van der Waals surface area contributed by atoms with Crippen LogP contribution in [0, 0.1) is 13.8 Å². The standard InChI is InChI=1S/C18H20N2O5S/c1-12-4-9-16(10-13(12)2)20(26(3,24)25)11-17(21)19-15-7-5-14(6-8-15)18(22)23/h4-10H,11H2,1-3H3,(H,19,21)(H,22,23). The van der Waals surface area contributed by atoms with Gasteiger partial charge in [0.25, 0.3) is 0 Å². The van der Waals surface area contributed by atoms with Crippen molar-refractivity contribution < 1.29 is 23.1 Å². The molecule has 0 aliphatic heterocycles. The van der Waals surface area contributed by atoms with Gasteiger partial charge in [-0.3, -0.25) is 9.10 Å². The van der Waals surface area contributed by atoms with Gasteiger partial charge in [-0.15, -0.1) is 0 Å². The molecule has 26 heavy (non-hydrogen) atoms. The van der Waals surface area contributed by atoms with E-state index >= 15 is 0 Å². The van der Waals surface area contributed by atoms with E-state index in [9.17, 15) is 18.0 Å². The summed E-state index contributed by atoms with van der Waals surface area (Å²) in [7, 11) is -3.66. The van der Waals surface area contributed by atoms with E-state index in [2.05, 4.69) is 5.32 Å². The first-order valence-corrected chi connectivity index (χ1v) is 9.61. The molecule has 1 amide bonds. The largest absolute Gasteiger partial charge is 0.478 e. The Bertz CT molecular complexity index is 937. The number of hydrogen-bond acceptors (Lipinski definition) is 4. The molecule has 8 heteroatoms. The molecule has 0 saturated heterocycles. The smallest absolute Gasteiger partial charge is 0.335 e. The number of carboxylic acid groups (broad SMARTS) is 1. The van der Waals surface area contributed by atoms with E-state index in [-0.39, 0.29) is 12.1 Å². The minimum atomic E-state index is -3.66. The van der Waals surface area contributed by atoms with Gasteiger partial charge in [0.1, 0.15) is 6.54 Å². The van der Waals surface area contributed by atoms with E-state index in [0.29, 0.717) is 11.4 Å². The fourth-order valence-electron chi connectivity index (χ4n) is 2.31. The van der Waals surface area contributed by atoms with Crippen LogP contribution in [0.5, 0.6) is 0 Å². The summed E-state index contributed by atoms with van der Waals surface area (Å²) in [6, 6.07) is 10.8. The van der Waals surface area contributed by atoms with Crippen molar-refractivity contribution in [1.82, 2.24) is 0 Å². The monoisotopic (exact) mass is 376 g/mol. The lowest BCUT2D eigenvalue weighted by molar-refractivity contribution is -0.114. The third kappa shape index (κ3) is 4.82. The fraction of sp³-hybridized carbons (Fsp3) is 0.222. The van der Waals surface area contributed by atoms with Crippen LogP contribution in [0.3, 0.4) is 0 Å². The Hall–Kier alpha value is -2.87. The average Bonchev–Trinajstić information content (AvgIpc) is 2.55. The molecule has 2 N–H and O–H groups in total. The van der Waals surface area contributed by atoms with E-state index in [1.165, 1.54) is 24.3 Å². The van der Waals surface area contributed by atoms with Gasteiger partial charge in [-0.25, -0.2) is 13.2 Å². The first-order valence-electron chi connectivity index (χ1n) is 7.76. The summed E-state index contributed by atoms with van der Waals surface area (Å²) in [6.07, 6.45) is 1.04. The second-order valence-corrected chi connectivity index (χ2v) is 7.88. The maximum atomic E-state index is 12.3. The van der Waals surface area contributed by atoms with E-state index < -0.39 is 21.9 Å². The highest BCUT2D eigenvalue weighted by Gasteiger charge is 2.21. The van der Waals surface area contributed by atoms with Gasteiger partial charge in [-0.2, -0.15) is 0 Å². The van der Waals surface area contributed by atoms with Gasteiger partial charge in [0.2, 0.25) is 15.9 Å². The minimum absolute atomic E-state index is 0.0934. The van der Waals surface area contributed by atoms with Gasteiger partial charge in [0, 0.05) is 5.69 Å². The van der Waals surface area contributed by atoms with Gasteiger partial charge < -0.3 is 10.4 Å². The number of carbonyl (C=O) groups excluding carboxylic acids is 1. The summed E-state index contributed by atoms with van der Waals surface area (Å²) in [5.41, 5.74) is 2.82. The number of sulfonamides is 1. The van der Waals surface area contributed by atoms with E-state index in [4.69, 9.17) is 5.11 Å². The van der Waals surface area contributed by atoms with Crippen LogP contribution >= 0.6 is 0 Å². The second-order valence-electron chi connectivity index (χ2n) is 5.97. The van der Waals surface area contributed by atoms with Crippen LogP contribution in [-0.4, -0.2) is 38.2 Å². The number of amides is 1. The number of carbonyl (C=O) groups is 2. The van der Waals surface area contributed by atoms with Gasteiger partial charge in [-0.1, -0.05) is 6.07 Å². The molecule has 0 aromatic heterocycles. The number of nitrogens with zero attached hydrogens (tertiary/aromatic N) is 1. The number of hydrogen-bond donors (Lipinski definition) is 2. The van der Waals surface area contributed by atoms with Crippen LogP contribution in [0.25, 0.3) is 0 Å². The van der Waals surface area contributed by atoms with Gasteiger partial charge >= 0.3 is 5.97 Å².